The van der Waals surface area contributed by atoms with Gasteiger partial charge in [-0.1, -0.05) is 115 Å². The Bertz CT molecular complexity index is 916. The third kappa shape index (κ3) is 21.7. The number of hydrogen-bond donors (Lipinski definition) is 6. The van der Waals surface area contributed by atoms with Gasteiger partial charge < -0.3 is 39.9 Å². The number of aliphatic hydroxyl groups is 5. The second-order valence-corrected chi connectivity index (χ2v) is 14.5. The van der Waals surface area contributed by atoms with E-state index >= 15 is 0 Å². The van der Waals surface area contributed by atoms with Crippen molar-refractivity contribution in [2.75, 3.05) is 19.8 Å². The molecule has 0 aromatic carbocycles. The van der Waals surface area contributed by atoms with Crippen LogP contribution in [0.3, 0.4) is 0 Å². The van der Waals surface area contributed by atoms with Crippen molar-refractivity contribution in [2.24, 2.45) is 0 Å². The van der Waals surface area contributed by atoms with Crippen LogP contribution in [0.25, 0.3) is 0 Å². The highest BCUT2D eigenvalue weighted by molar-refractivity contribution is 7.47. The Balaban J connectivity index is 2.49. The quantitative estimate of drug-likeness (QED) is 0.0226. The minimum atomic E-state index is -5.00. The highest BCUT2D eigenvalue weighted by Crippen LogP contribution is 2.47. The predicted octanol–water partition coefficient (Wildman–Crippen LogP) is 5.80. The van der Waals surface area contributed by atoms with Crippen molar-refractivity contribution in [3.05, 3.63) is 24.3 Å². The van der Waals surface area contributed by atoms with E-state index in [0.29, 0.717) is 13.0 Å². The van der Waals surface area contributed by atoms with Gasteiger partial charge in [-0.05, 0) is 38.5 Å². The summed E-state index contributed by atoms with van der Waals surface area (Å²) in [5, 5.41) is 49.8. The third-order valence-electron chi connectivity index (χ3n) is 8.58. The summed E-state index contributed by atoms with van der Waals surface area (Å²) in [4.78, 5) is 22.9. The van der Waals surface area contributed by atoms with Crippen LogP contribution in [0, 0.1) is 0 Å². The first-order valence-corrected chi connectivity index (χ1v) is 20.2. The van der Waals surface area contributed by atoms with Crippen LogP contribution in [0.2, 0.25) is 0 Å². The van der Waals surface area contributed by atoms with Gasteiger partial charge in [-0.25, -0.2) is 4.57 Å². The maximum Gasteiger partial charge on any atom is 0.472 e. The maximum atomic E-state index is 12.7. The van der Waals surface area contributed by atoms with Gasteiger partial charge in [0.15, 0.2) is 0 Å². The molecule has 0 saturated heterocycles. The molecule has 0 radical (unpaired) electrons. The molecule has 1 aliphatic rings. The SMILES string of the molecule is CCCC/C=C\C/C=C\CCCCCCCC(=O)OC(COCCCCCCCCCC)COP(=O)(O)OC1C(O)C(O)C(O)C(O)C1O. The van der Waals surface area contributed by atoms with Gasteiger partial charge in [0.1, 0.15) is 42.7 Å². The van der Waals surface area contributed by atoms with E-state index in [-0.39, 0.29) is 13.0 Å². The van der Waals surface area contributed by atoms with Gasteiger partial charge in [-0.15, -0.1) is 0 Å². The number of allylic oxidation sites excluding steroid dienone is 4. The molecule has 1 saturated carbocycles. The fourth-order valence-corrected chi connectivity index (χ4v) is 6.46. The molecule has 1 fully saturated rings. The van der Waals surface area contributed by atoms with E-state index in [4.69, 9.17) is 18.5 Å². The zero-order valence-corrected chi connectivity index (χ0v) is 30.9. The molecular weight excluding hydrogens is 655 g/mol. The third-order valence-corrected chi connectivity index (χ3v) is 9.56. The van der Waals surface area contributed by atoms with Crippen molar-refractivity contribution in [3.63, 3.8) is 0 Å². The fourth-order valence-electron chi connectivity index (χ4n) is 5.49. The van der Waals surface area contributed by atoms with E-state index in [0.717, 1.165) is 64.2 Å². The number of carbonyl (C=O) groups is 1. The van der Waals surface area contributed by atoms with E-state index in [9.17, 15) is 39.8 Å². The summed E-state index contributed by atoms with van der Waals surface area (Å²) >= 11 is 0. The molecule has 0 amide bonds. The first kappa shape index (κ1) is 45.8. The van der Waals surface area contributed by atoms with Crippen LogP contribution >= 0.6 is 7.82 Å². The normalized spacial score (nSPS) is 24.8. The summed E-state index contributed by atoms with van der Waals surface area (Å²) < 4.78 is 33.8. The Hall–Kier alpha value is -1.18. The molecule has 6 unspecified atom stereocenters. The summed E-state index contributed by atoms with van der Waals surface area (Å²) in [6.07, 6.45) is 15.6. The van der Waals surface area contributed by atoms with Crippen LogP contribution in [0.4, 0.5) is 0 Å². The zero-order chi connectivity index (χ0) is 36.3. The first-order valence-electron chi connectivity index (χ1n) is 18.7. The summed E-state index contributed by atoms with van der Waals surface area (Å²) in [6.45, 7) is 4.13. The molecule has 1 rings (SSSR count). The summed E-state index contributed by atoms with van der Waals surface area (Å²) in [5.74, 6) is -0.494. The molecule has 0 aromatic rings. The second kappa shape index (κ2) is 28.4. The lowest BCUT2D eigenvalue weighted by molar-refractivity contribution is -0.220. The minimum absolute atomic E-state index is 0.0808. The average Bonchev–Trinajstić information content (AvgIpc) is 3.08. The minimum Gasteiger partial charge on any atom is -0.457 e. The van der Waals surface area contributed by atoms with Crippen molar-refractivity contribution in [2.45, 2.75) is 179 Å². The topological polar surface area (TPSA) is 192 Å². The number of esters is 1. The molecule has 12 nitrogen and oxygen atoms in total. The van der Waals surface area contributed by atoms with Crippen LogP contribution in [0.5, 0.6) is 0 Å². The Morgan fingerprint density at radius 3 is 1.78 bits per heavy atom. The lowest BCUT2D eigenvalue weighted by Crippen LogP contribution is -2.64. The fraction of sp³-hybridized carbons (Fsp3) is 0.861. The smallest absolute Gasteiger partial charge is 0.457 e. The summed E-state index contributed by atoms with van der Waals surface area (Å²) in [5.41, 5.74) is 0. The van der Waals surface area contributed by atoms with E-state index in [1.165, 1.54) is 44.9 Å². The monoisotopic (exact) mass is 722 g/mol. The molecule has 0 bridgehead atoms. The number of carbonyl (C=O) groups excluding carboxylic acids is 1. The van der Waals surface area contributed by atoms with E-state index in [2.05, 4.69) is 38.2 Å². The van der Waals surface area contributed by atoms with Gasteiger partial charge in [-0.3, -0.25) is 13.8 Å². The molecule has 0 heterocycles. The number of unbranched alkanes of at least 4 members (excludes halogenated alkanes) is 14. The van der Waals surface area contributed by atoms with Gasteiger partial charge in [0.25, 0.3) is 0 Å². The predicted molar refractivity (Wildman–Crippen MR) is 189 cm³/mol. The molecule has 0 spiro atoms. The number of hydrogen-bond acceptors (Lipinski definition) is 11. The van der Waals surface area contributed by atoms with Crippen LogP contribution in [-0.2, 0) is 27.9 Å². The standard InChI is InChI=1S/C36H67O12P/c1-3-5-7-9-11-13-14-15-16-17-18-19-21-23-25-30(37)47-29(27-45-26-24-22-20-12-10-8-6-4-2)28-46-49(43,44)48-36-34(41)32(39)31(38)33(40)35(36)42/h9,11,14-15,29,31-36,38-42H,3-8,10,12-13,16-28H2,1-2H3,(H,43,44)/b11-9-,15-14-. The number of phosphoric acid groups is 1. The molecular formula is C36H67O12P. The second-order valence-electron chi connectivity index (χ2n) is 13.1. The molecule has 0 aromatic heterocycles. The summed E-state index contributed by atoms with van der Waals surface area (Å²) in [7, 11) is -5.00. The lowest BCUT2D eigenvalue weighted by Gasteiger charge is -2.41. The number of aliphatic hydroxyl groups excluding tert-OH is 5. The van der Waals surface area contributed by atoms with Crippen molar-refractivity contribution < 1.29 is 58.3 Å². The van der Waals surface area contributed by atoms with E-state index < -0.39 is 63.1 Å². The summed E-state index contributed by atoms with van der Waals surface area (Å²) in [6, 6.07) is 0. The van der Waals surface area contributed by atoms with Crippen LogP contribution in [0.1, 0.15) is 136 Å². The first-order chi connectivity index (χ1) is 23.5. The van der Waals surface area contributed by atoms with Crippen LogP contribution in [-0.4, -0.2) is 98.9 Å². The molecule has 49 heavy (non-hydrogen) atoms. The zero-order valence-electron chi connectivity index (χ0n) is 30.0. The molecule has 6 atom stereocenters. The molecule has 0 aliphatic heterocycles. The largest absolute Gasteiger partial charge is 0.472 e. The highest BCUT2D eigenvalue weighted by Gasteiger charge is 2.51. The van der Waals surface area contributed by atoms with Gasteiger partial charge in [0.05, 0.1) is 13.2 Å². The van der Waals surface area contributed by atoms with Crippen molar-refractivity contribution in [3.8, 4) is 0 Å². The van der Waals surface area contributed by atoms with Gasteiger partial charge in [0, 0.05) is 13.0 Å². The maximum absolute atomic E-state index is 12.7. The highest BCUT2D eigenvalue weighted by atomic mass is 31.2. The molecule has 1 aliphatic carbocycles. The van der Waals surface area contributed by atoms with Crippen molar-refractivity contribution >= 4 is 13.8 Å². The molecule has 13 heteroatoms. The number of ether oxygens (including phenoxy) is 2. The van der Waals surface area contributed by atoms with Gasteiger partial charge in [0.2, 0.25) is 0 Å². The van der Waals surface area contributed by atoms with Crippen LogP contribution in [0.15, 0.2) is 24.3 Å². The Labute approximate surface area is 294 Å². The van der Waals surface area contributed by atoms with Gasteiger partial charge in [-0.2, -0.15) is 0 Å². The lowest BCUT2D eigenvalue weighted by atomic mass is 9.85. The van der Waals surface area contributed by atoms with Gasteiger partial charge >= 0.3 is 13.8 Å². The number of rotatable bonds is 30. The Kier molecular flexibility index (Phi) is 26.6. The van der Waals surface area contributed by atoms with Crippen molar-refractivity contribution in [1.82, 2.24) is 0 Å². The van der Waals surface area contributed by atoms with E-state index in [1.807, 2.05) is 0 Å². The number of phosphoric ester groups is 1. The Morgan fingerprint density at radius 1 is 0.653 bits per heavy atom. The van der Waals surface area contributed by atoms with Crippen LogP contribution < -0.4 is 0 Å². The molecule has 6 N–H and O–H groups in total. The Morgan fingerprint density at radius 2 is 1.16 bits per heavy atom. The van der Waals surface area contributed by atoms with E-state index in [1.54, 1.807) is 0 Å². The van der Waals surface area contributed by atoms with Crippen molar-refractivity contribution in [1.29, 1.82) is 0 Å². The average molecular weight is 723 g/mol. The molecule has 288 valence electrons.